The summed E-state index contributed by atoms with van der Waals surface area (Å²) < 4.78 is 5.09. The molecule has 19 heavy (non-hydrogen) atoms. The van der Waals surface area contributed by atoms with Gasteiger partial charge in [0.15, 0.2) is 0 Å². The number of nitriles is 1. The van der Waals surface area contributed by atoms with Crippen LogP contribution in [0.15, 0.2) is 0 Å². The van der Waals surface area contributed by atoms with E-state index in [4.69, 9.17) is 9.44 Å². The van der Waals surface area contributed by atoms with Crippen molar-refractivity contribution in [1.29, 1.82) is 5.26 Å². The minimum absolute atomic E-state index is 0.197. The lowest BCUT2D eigenvalue weighted by atomic mass is 10.1. The van der Waals surface area contributed by atoms with Gasteiger partial charge in [0.2, 0.25) is 0 Å². The number of hydrogen-bond donors (Lipinski definition) is 1. The maximum atomic E-state index is 11.4. The van der Waals surface area contributed by atoms with Crippen LogP contribution in [0, 0.1) is 10.7 Å². The van der Waals surface area contributed by atoms with Crippen LogP contribution in [0.3, 0.4) is 0 Å². The number of carbonyl (C=O) groups excluding carboxylic acids is 1. The molecule has 0 saturated carbocycles. The van der Waals surface area contributed by atoms with Gasteiger partial charge in [0.05, 0.1) is 0 Å². The van der Waals surface area contributed by atoms with Crippen LogP contribution in [0.4, 0.5) is 0 Å². The van der Waals surface area contributed by atoms with E-state index < -0.39 is 11.2 Å². The van der Waals surface area contributed by atoms with E-state index in [1.54, 1.807) is 0 Å². The number of unbranched alkanes of at least 4 members (excludes halogenated alkanes) is 8. The lowest BCUT2D eigenvalue weighted by Gasteiger charge is -2.10. The van der Waals surface area contributed by atoms with Gasteiger partial charge in [0.25, 0.3) is 0 Å². The van der Waals surface area contributed by atoms with E-state index >= 15 is 0 Å². The fraction of sp³-hybridized carbons (Fsp3) is 0.867. The number of thiol groups is 1. The average molecular weight is 287 g/mol. The Morgan fingerprint density at radius 1 is 1.00 bits per heavy atom. The molecule has 0 aromatic rings. The Hall–Kier alpha value is -0.690. The highest BCUT2D eigenvalue weighted by atomic mass is 32.2. The molecule has 0 bridgehead atoms. The van der Waals surface area contributed by atoms with Crippen LogP contribution in [0.25, 0.3) is 0 Å². The van der Waals surface area contributed by atoms with Gasteiger partial charge in [-0.2, -0.15) is 5.26 Å². The normalized spacial score (nSPS) is 12.8. The predicted molar refractivity (Wildman–Crippen MR) is 83.1 cm³/mol. The summed E-state index contributed by atoms with van der Waals surface area (Å²) in [4.78, 5) is 11.4. The van der Waals surface area contributed by atoms with Crippen molar-refractivity contribution in [3.8, 4) is 5.40 Å². The van der Waals surface area contributed by atoms with Crippen molar-refractivity contribution in [3.63, 3.8) is 0 Å². The van der Waals surface area contributed by atoms with Crippen LogP contribution in [0.2, 0.25) is 0 Å². The Bertz CT molecular complexity index is 263. The highest BCUT2D eigenvalue weighted by Crippen LogP contribution is 2.24. The molecule has 0 rings (SSSR count). The van der Waals surface area contributed by atoms with Gasteiger partial charge in [0, 0.05) is 12.2 Å². The number of hydrogen-bond acceptors (Lipinski definition) is 3. The molecule has 0 spiro atoms. The quantitative estimate of drug-likeness (QED) is 0.316. The molecular formula is C15H29NO2S. The summed E-state index contributed by atoms with van der Waals surface area (Å²) in [7, 11) is 0. The van der Waals surface area contributed by atoms with Crippen molar-refractivity contribution < 1.29 is 8.98 Å². The smallest absolute Gasteiger partial charge is 0.316 e. The second-order valence-corrected chi connectivity index (χ2v) is 6.61. The van der Waals surface area contributed by atoms with E-state index in [1.165, 1.54) is 44.9 Å². The minimum Gasteiger partial charge on any atom is -0.405 e. The van der Waals surface area contributed by atoms with Gasteiger partial charge in [-0.3, -0.25) is 4.79 Å². The maximum absolute atomic E-state index is 11.4. The van der Waals surface area contributed by atoms with Crippen molar-refractivity contribution in [2.75, 3.05) is 5.75 Å². The van der Waals surface area contributed by atoms with Gasteiger partial charge in [-0.15, -0.1) is 0 Å². The van der Waals surface area contributed by atoms with Gasteiger partial charge in [-0.05, 0) is 17.6 Å². The zero-order chi connectivity index (χ0) is 14.3. The molecule has 0 N–H and O–H groups in total. The van der Waals surface area contributed by atoms with Crippen LogP contribution < -0.4 is 0 Å². The third kappa shape index (κ3) is 12.1. The topological polar surface area (TPSA) is 50.1 Å². The highest BCUT2D eigenvalue weighted by molar-refractivity contribution is 8.17. The molecule has 112 valence electrons. The first-order valence-corrected chi connectivity index (χ1v) is 9.07. The second kappa shape index (κ2) is 13.7. The Morgan fingerprint density at radius 2 is 1.53 bits per heavy atom. The summed E-state index contributed by atoms with van der Waals surface area (Å²) in [5.74, 6) is 0.437. The van der Waals surface area contributed by atoms with E-state index in [0.29, 0.717) is 12.2 Å². The molecule has 3 nitrogen and oxygen atoms in total. The summed E-state index contributed by atoms with van der Waals surface area (Å²) in [6, 6.07) is 0. The molecule has 0 aliphatic rings. The average Bonchev–Trinajstić information content (AvgIpc) is 2.43. The summed E-state index contributed by atoms with van der Waals surface area (Å²) in [6.45, 7) is 4.11. The van der Waals surface area contributed by atoms with Crippen molar-refractivity contribution in [3.05, 3.63) is 0 Å². The van der Waals surface area contributed by atoms with Crippen LogP contribution in [0.5, 0.6) is 0 Å². The third-order valence-corrected chi connectivity index (χ3v) is 4.32. The second-order valence-electron chi connectivity index (χ2n) is 4.84. The zero-order valence-electron chi connectivity index (χ0n) is 12.5. The SMILES string of the molecule is CCCCCCCCCCCC(=O)O[SH](C#N)CC. The van der Waals surface area contributed by atoms with E-state index in [2.05, 4.69) is 6.92 Å². The molecule has 0 aliphatic carbocycles. The molecule has 1 unspecified atom stereocenters. The fourth-order valence-corrected chi connectivity index (χ4v) is 2.55. The van der Waals surface area contributed by atoms with Gasteiger partial charge < -0.3 is 4.18 Å². The van der Waals surface area contributed by atoms with Crippen molar-refractivity contribution in [2.24, 2.45) is 0 Å². The Morgan fingerprint density at radius 3 is 2.00 bits per heavy atom. The first-order chi connectivity index (χ1) is 9.24. The summed E-state index contributed by atoms with van der Waals surface area (Å²) in [6.07, 6.45) is 11.6. The summed E-state index contributed by atoms with van der Waals surface area (Å²) in [5.41, 5.74) is 0. The van der Waals surface area contributed by atoms with Gasteiger partial charge >= 0.3 is 5.97 Å². The number of thiocyanates is 1. The lowest BCUT2D eigenvalue weighted by molar-refractivity contribution is -0.133. The van der Waals surface area contributed by atoms with Crippen LogP contribution >= 0.6 is 11.2 Å². The molecule has 0 saturated heterocycles. The molecule has 0 aromatic carbocycles. The van der Waals surface area contributed by atoms with E-state index in [1.807, 2.05) is 12.3 Å². The maximum Gasteiger partial charge on any atom is 0.316 e. The molecule has 0 aromatic heterocycles. The Kier molecular flexibility index (Phi) is 13.2. The fourth-order valence-electron chi connectivity index (χ4n) is 1.90. The van der Waals surface area contributed by atoms with Gasteiger partial charge in [-0.1, -0.05) is 65.2 Å². The van der Waals surface area contributed by atoms with E-state index in [0.717, 1.165) is 12.8 Å². The zero-order valence-corrected chi connectivity index (χ0v) is 13.4. The van der Waals surface area contributed by atoms with Crippen LogP contribution in [0.1, 0.15) is 78.1 Å². The molecule has 0 amide bonds. The summed E-state index contributed by atoms with van der Waals surface area (Å²) in [5, 5.41) is 10.7. The van der Waals surface area contributed by atoms with E-state index in [-0.39, 0.29) is 5.97 Å². The largest absolute Gasteiger partial charge is 0.405 e. The third-order valence-electron chi connectivity index (χ3n) is 3.10. The van der Waals surface area contributed by atoms with Crippen molar-refractivity contribution in [2.45, 2.75) is 78.1 Å². The van der Waals surface area contributed by atoms with Gasteiger partial charge in [0.1, 0.15) is 5.40 Å². The molecule has 4 heteroatoms. The Balaban J connectivity index is 3.30. The molecule has 0 heterocycles. The Labute approximate surface area is 121 Å². The van der Waals surface area contributed by atoms with Crippen molar-refractivity contribution in [1.82, 2.24) is 0 Å². The molecule has 1 atom stereocenters. The van der Waals surface area contributed by atoms with Crippen molar-refractivity contribution >= 4 is 17.1 Å². The lowest BCUT2D eigenvalue weighted by Crippen LogP contribution is -2.02. The predicted octanol–water partition coefficient (Wildman–Crippen LogP) is 4.87. The standard InChI is InChI=1S/C15H29NO2S/c1-3-5-6-7-8-9-10-11-12-13-15(17)18-19(4-2)14-16/h19H,3-13H2,1-2H3. The minimum atomic E-state index is -1.18. The monoisotopic (exact) mass is 287 g/mol. The van der Waals surface area contributed by atoms with E-state index in [9.17, 15) is 4.79 Å². The number of nitrogens with zero attached hydrogens (tertiary/aromatic N) is 1. The van der Waals surface area contributed by atoms with Crippen LogP contribution in [-0.4, -0.2) is 11.7 Å². The summed E-state index contributed by atoms with van der Waals surface area (Å²) >= 11 is -1.18. The first kappa shape index (κ1) is 18.3. The molecule has 0 aliphatic heterocycles. The van der Waals surface area contributed by atoms with Gasteiger partial charge in [-0.25, -0.2) is 0 Å². The molecule has 0 fully saturated rings. The number of carbonyl (C=O) groups is 1. The highest BCUT2D eigenvalue weighted by Gasteiger charge is 2.07. The molecule has 0 radical (unpaired) electrons. The molecular weight excluding hydrogens is 258 g/mol. The number of rotatable bonds is 12. The van der Waals surface area contributed by atoms with Crippen LogP contribution in [-0.2, 0) is 8.98 Å². The first-order valence-electron chi connectivity index (χ1n) is 7.62.